The molecule has 4 saturated heterocycles. The first kappa shape index (κ1) is 35.8. The van der Waals surface area contributed by atoms with E-state index in [0.717, 1.165) is 51.4 Å². The normalized spacial score (nSPS) is 51.3. The summed E-state index contributed by atoms with van der Waals surface area (Å²) in [6.45, 7) is 4.71. The second kappa shape index (κ2) is 11.9. The van der Waals surface area contributed by atoms with Crippen molar-refractivity contribution in [1.82, 2.24) is 19.6 Å². The molecule has 59 heavy (non-hydrogen) atoms. The van der Waals surface area contributed by atoms with E-state index in [1.54, 1.807) is 9.80 Å². The summed E-state index contributed by atoms with van der Waals surface area (Å²) in [5, 5.41) is 0. The van der Waals surface area contributed by atoms with E-state index in [1.807, 2.05) is 13.8 Å². The van der Waals surface area contributed by atoms with E-state index < -0.39 is 23.7 Å². The fourth-order valence-electron chi connectivity index (χ4n) is 17.7. The molecule has 13 rings (SSSR count). The van der Waals surface area contributed by atoms with Crippen LogP contribution in [0.1, 0.15) is 71.6 Å². The van der Waals surface area contributed by atoms with Crippen molar-refractivity contribution in [2.45, 2.75) is 83.7 Å². The molecule has 310 valence electrons. The van der Waals surface area contributed by atoms with E-state index in [1.165, 1.54) is 9.80 Å². The molecule has 4 heterocycles. The lowest BCUT2D eigenvalue weighted by Crippen LogP contribution is -2.48. The number of likely N-dealkylation sites (tertiary alicyclic amines) is 4. The van der Waals surface area contributed by atoms with E-state index in [-0.39, 0.29) is 149 Å². The van der Waals surface area contributed by atoms with Crippen molar-refractivity contribution in [2.24, 2.45) is 118 Å². The molecule has 0 aromatic carbocycles. The number of imide groups is 4. The van der Waals surface area contributed by atoms with Crippen LogP contribution < -0.4 is 0 Å². The first-order valence-electron chi connectivity index (χ1n) is 23.2. The van der Waals surface area contributed by atoms with Gasteiger partial charge in [-0.2, -0.15) is 0 Å². The van der Waals surface area contributed by atoms with Crippen LogP contribution >= 0.6 is 0 Å². The first-order chi connectivity index (χ1) is 28.4. The average Bonchev–Trinajstić information content (AvgIpc) is 4.06. The van der Waals surface area contributed by atoms with Crippen molar-refractivity contribution in [3.63, 3.8) is 0 Å². The van der Waals surface area contributed by atoms with Crippen LogP contribution in [-0.2, 0) is 38.4 Å². The van der Waals surface area contributed by atoms with Gasteiger partial charge >= 0.3 is 0 Å². The Morgan fingerprint density at radius 3 is 1.27 bits per heavy atom. The van der Waals surface area contributed by atoms with Crippen molar-refractivity contribution in [3.05, 3.63) is 24.3 Å². The molecule has 0 radical (unpaired) electrons. The molecule has 7 saturated carbocycles. The standard InChI is InChI=1S/C47H54N4O8/c1-18(28-9-21-8-27(31(28)12-21)17-49-42(54)34-22-3-4-23(13-22)35(34)43(49)55)50-41(53)33-15-32-38(39(33)47(50)59)44(56)48(40(32)52)16-26-7-20-10-29(30(26)11-20)19(2)51-45(57)36-24-5-6-25(14-24)37(36)46(51)58/h3-6,18-39H,7-17H2,1-2H3. The van der Waals surface area contributed by atoms with E-state index >= 15 is 0 Å². The lowest BCUT2D eigenvalue weighted by molar-refractivity contribution is -0.148. The van der Waals surface area contributed by atoms with Crippen LogP contribution in [0.3, 0.4) is 0 Å². The van der Waals surface area contributed by atoms with Crippen molar-refractivity contribution in [3.8, 4) is 0 Å². The predicted molar refractivity (Wildman–Crippen MR) is 206 cm³/mol. The van der Waals surface area contributed by atoms with E-state index in [0.29, 0.717) is 24.9 Å². The quantitative estimate of drug-likeness (QED) is 0.268. The molecule has 13 aliphatic rings. The number of fused-ring (bicyclic) bond motifs is 17. The highest BCUT2D eigenvalue weighted by Gasteiger charge is 2.69. The lowest BCUT2D eigenvalue weighted by Gasteiger charge is -2.38. The number of rotatable bonds is 8. The van der Waals surface area contributed by atoms with Gasteiger partial charge in [0.1, 0.15) is 0 Å². The van der Waals surface area contributed by atoms with E-state index in [9.17, 15) is 38.4 Å². The Morgan fingerprint density at radius 1 is 0.424 bits per heavy atom. The number of amides is 8. The van der Waals surface area contributed by atoms with Gasteiger partial charge in [-0.05, 0) is 143 Å². The minimum absolute atomic E-state index is 0.0162. The highest BCUT2D eigenvalue weighted by atomic mass is 16.2. The molecule has 9 aliphatic carbocycles. The van der Waals surface area contributed by atoms with Gasteiger partial charge in [0.2, 0.25) is 47.3 Å². The van der Waals surface area contributed by atoms with Crippen LogP contribution in [0.15, 0.2) is 24.3 Å². The van der Waals surface area contributed by atoms with Crippen molar-refractivity contribution in [1.29, 1.82) is 0 Å². The zero-order valence-corrected chi connectivity index (χ0v) is 33.8. The topological polar surface area (TPSA) is 150 Å². The summed E-state index contributed by atoms with van der Waals surface area (Å²) < 4.78 is 0. The summed E-state index contributed by atoms with van der Waals surface area (Å²) in [6, 6.07) is -0.584. The molecule has 12 nitrogen and oxygen atoms in total. The van der Waals surface area contributed by atoms with Crippen molar-refractivity contribution >= 4 is 47.3 Å². The van der Waals surface area contributed by atoms with Gasteiger partial charge in [0, 0.05) is 25.2 Å². The number of carbonyl (C=O) groups is 8. The van der Waals surface area contributed by atoms with Gasteiger partial charge in [-0.25, -0.2) is 0 Å². The lowest BCUT2D eigenvalue weighted by atomic mass is 9.76. The van der Waals surface area contributed by atoms with Gasteiger partial charge in [-0.15, -0.1) is 0 Å². The van der Waals surface area contributed by atoms with Gasteiger partial charge < -0.3 is 0 Å². The largest absolute Gasteiger partial charge is 0.282 e. The van der Waals surface area contributed by atoms with Crippen molar-refractivity contribution in [2.75, 3.05) is 13.1 Å². The summed E-state index contributed by atoms with van der Waals surface area (Å²) >= 11 is 0. The first-order valence-corrected chi connectivity index (χ1v) is 23.2. The Kier molecular flexibility index (Phi) is 7.21. The van der Waals surface area contributed by atoms with Gasteiger partial charge in [0.05, 0.1) is 47.3 Å². The number of allylic oxidation sites excluding steroid dienone is 4. The third-order valence-electron chi connectivity index (χ3n) is 19.9. The Labute approximate surface area is 343 Å². The molecule has 4 aliphatic heterocycles. The molecule has 0 spiro atoms. The second-order valence-electron chi connectivity index (χ2n) is 22.0. The van der Waals surface area contributed by atoms with Crippen LogP contribution in [0.5, 0.6) is 0 Å². The summed E-state index contributed by atoms with van der Waals surface area (Å²) in [5.41, 5.74) is 0. The summed E-state index contributed by atoms with van der Waals surface area (Å²) in [4.78, 5) is 118. The molecule has 12 heteroatoms. The highest BCUT2D eigenvalue weighted by molar-refractivity contribution is 6.14. The maximum atomic E-state index is 14.4. The smallest absolute Gasteiger partial charge is 0.234 e. The van der Waals surface area contributed by atoms with Gasteiger partial charge in [0.15, 0.2) is 0 Å². The molecule has 22 unspecified atom stereocenters. The Balaban J connectivity index is 0.679. The molecule has 8 amide bonds. The molecule has 0 aromatic heterocycles. The molecular formula is C47H54N4O8. The van der Waals surface area contributed by atoms with Crippen LogP contribution in [0.2, 0.25) is 0 Å². The summed E-state index contributed by atoms with van der Waals surface area (Å²) in [6.07, 6.45) is 16.1. The summed E-state index contributed by atoms with van der Waals surface area (Å²) in [5.74, 6) is -2.68. The Hall–Kier alpha value is -3.96. The van der Waals surface area contributed by atoms with Crippen LogP contribution in [-0.4, -0.2) is 92.0 Å². The third-order valence-corrected chi connectivity index (χ3v) is 19.9. The fourth-order valence-corrected chi connectivity index (χ4v) is 17.7. The predicted octanol–water partition coefficient (Wildman–Crippen LogP) is 3.31. The maximum absolute atomic E-state index is 14.4. The fraction of sp³-hybridized carbons (Fsp3) is 0.745. The minimum Gasteiger partial charge on any atom is -0.282 e. The molecule has 0 N–H and O–H groups in total. The maximum Gasteiger partial charge on any atom is 0.234 e. The number of carbonyl (C=O) groups excluding carboxylic acids is 8. The molecule has 0 aromatic rings. The summed E-state index contributed by atoms with van der Waals surface area (Å²) in [7, 11) is 0. The zero-order chi connectivity index (χ0) is 40.2. The number of nitrogens with zero attached hydrogens (tertiary/aromatic N) is 4. The molecule has 8 bridgehead atoms. The number of hydrogen-bond acceptors (Lipinski definition) is 8. The van der Waals surface area contributed by atoms with Crippen LogP contribution in [0, 0.1) is 118 Å². The molecular weight excluding hydrogens is 749 g/mol. The van der Waals surface area contributed by atoms with Gasteiger partial charge in [-0.1, -0.05) is 24.3 Å². The van der Waals surface area contributed by atoms with E-state index in [2.05, 4.69) is 24.3 Å². The number of hydrogen-bond donors (Lipinski definition) is 0. The monoisotopic (exact) mass is 802 g/mol. The third kappa shape index (κ3) is 4.42. The molecule has 22 atom stereocenters. The minimum atomic E-state index is -0.821. The van der Waals surface area contributed by atoms with E-state index in [4.69, 9.17) is 0 Å². The van der Waals surface area contributed by atoms with Crippen LogP contribution in [0.25, 0.3) is 0 Å². The Bertz CT molecular complexity index is 2070. The average molecular weight is 803 g/mol. The van der Waals surface area contributed by atoms with Gasteiger partial charge in [-0.3, -0.25) is 58.0 Å². The second-order valence-corrected chi connectivity index (χ2v) is 22.0. The SMILES string of the molecule is CC(C1CC2CC(CN3C(=O)C4CC5C(=O)N(C(C)C6CC7CC(CN8C(=O)C9C%10C=CC(C%10)C9C8=O)C6C7)C(=O)C5C4C3=O)C1C2)N1C(=O)C2C3C=CC(C3)C2C1=O. The molecule has 11 fully saturated rings. The van der Waals surface area contributed by atoms with Crippen molar-refractivity contribution < 1.29 is 38.4 Å². The van der Waals surface area contributed by atoms with Gasteiger partial charge in [0.25, 0.3) is 0 Å². The highest BCUT2D eigenvalue weighted by Crippen LogP contribution is 2.60. The van der Waals surface area contributed by atoms with Crippen LogP contribution in [0.4, 0.5) is 0 Å². The zero-order valence-electron chi connectivity index (χ0n) is 33.8. The Morgan fingerprint density at radius 2 is 0.797 bits per heavy atom.